The number of halogens is 1. The van der Waals surface area contributed by atoms with Gasteiger partial charge in [0.15, 0.2) is 0 Å². The molecule has 0 unspecified atom stereocenters. The molecule has 0 radical (unpaired) electrons. The van der Waals surface area contributed by atoms with Crippen LogP contribution in [0.2, 0.25) is 0 Å². The Balaban J connectivity index is 2.10. The molecule has 0 aromatic heterocycles. The van der Waals surface area contributed by atoms with Crippen molar-refractivity contribution in [3.63, 3.8) is 0 Å². The molecular weight excluding hydrogens is 247 g/mol. The van der Waals surface area contributed by atoms with Gasteiger partial charge in [-0.1, -0.05) is 18.2 Å². The van der Waals surface area contributed by atoms with E-state index in [-0.39, 0.29) is 29.4 Å². The Kier molecular flexibility index (Phi) is 3.66. The zero-order valence-corrected chi connectivity index (χ0v) is 10.1. The highest BCUT2D eigenvalue weighted by atomic mass is 19.1. The van der Waals surface area contributed by atoms with E-state index in [0.29, 0.717) is 5.56 Å². The second kappa shape index (κ2) is 5.39. The van der Waals surface area contributed by atoms with Gasteiger partial charge in [0.05, 0.1) is 5.56 Å². The van der Waals surface area contributed by atoms with Crippen molar-refractivity contribution in [2.75, 3.05) is 5.73 Å². The number of aromatic hydroxyl groups is 1. The first-order valence-electron chi connectivity index (χ1n) is 5.68. The summed E-state index contributed by atoms with van der Waals surface area (Å²) >= 11 is 0. The van der Waals surface area contributed by atoms with Crippen molar-refractivity contribution in [3.8, 4) is 5.75 Å². The summed E-state index contributed by atoms with van der Waals surface area (Å²) in [4.78, 5) is 11.9. The van der Waals surface area contributed by atoms with Crippen molar-refractivity contribution in [2.45, 2.75) is 6.54 Å². The number of nitrogen functional groups attached to an aromatic ring is 1. The first-order valence-corrected chi connectivity index (χ1v) is 5.68. The Labute approximate surface area is 109 Å². The summed E-state index contributed by atoms with van der Waals surface area (Å²) in [6, 6.07) is 10.3. The van der Waals surface area contributed by atoms with E-state index in [2.05, 4.69) is 5.32 Å². The van der Waals surface area contributed by atoms with E-state index >= 15 is 0 Å². The third-order valence-electron chi connectivity index (χ3n) is 2.68. The molecule has 4 N–H and O–H groups in total. The Morgan fingerprint density at radius 1 is 1.26 bits per heavy atom. The van der Waals surface area contributed by atoms with Crippen molar-refractivity contribution in [1.29, 1.82) is 0 Å². The van der Waals surface area contributed by atoms with Crippen LogP contribution < -0.4 is 11.1 Å². The Morgan fingerprint density at radius 3 is 2.74 bits per heavy atom. The van der Waals surface area contributed by atoms with Crippen molar-refractivity contribution >= 4 is 11.6 Å². The smallest absolute Gasteiger partial charge is 0.253 e. The fourth-order valence-corrected chi connectivity index (χ4v) is 1.65. The van der Waals surface area contributed by atoms with Gasteiger partial charge in [-0.15, -0.1) is 0 Å². The Morgan fingerprint density at radius 2 is 2.00 bits per heavy atom. The van der Waals surface area contributed by atoms with Crippen molar-refractivity contribution < 1.29 is 14.3 Å². The molecule has 0 aliphatic heterocycles. The van der Waals surface area contributed by atoms with Gasteiger partial charge < -0.3 is 16.2 Å². The topological polar surface area (TPSA) is 75.3 Å². The molecule has 0 atom stereocenters. The minimum absolute atomic E-state index is 0.0507. The predicted octanol–water partition coefficient (Wildman–Crippen LogP) is 2.04. The lowest BCUT2D eigenvalue weighted by Crippen LogP contribution is -2.24. The number of carbonyl (C=O) groups excluding carboxylic acids is 1. The van der Waals surface area contributed by atoms with Gasteiger partial charge in [0.25, 0.3) is 5.91 Å². The SMILES string of the molecule is Nc1ccc(O)cc1C(=O)NCc1ccccc1F. The number of phenolic OH excluding ortho intramolecular Hbond substituents is 1. The van der Waals surface area contributed by atoms with Gasteiger partial charge in [-0.25, -0.2) is 4.39 Å². The largest absolute Gasteiger partial charge is 0.508 e. The van der Waals surface area contributed by atoms with Crippen LogP contribution in [-0.2, 0) is 6.54 Å². The molecule has 2 aromatic rings. The molecule has 0 aliphatic rings. The Bertz CT molecular complexity index is 614. The molecule has 1 amide bonds. The Hall–Kier alpha value is -2.56. The number of nitrogens with two attached hydrogens (primary N) is 1. The molecular formula is C14H13FN2O2. The summed E-state index contributed by atoms with van der Waals surface area (Å²) < 4.78 is 13.4. The highest BCUT2D eigenvalue weighted by molar-refractivity contribution is 5.99. The van der Waals surface area contributed by atoms with Gasteiger partial charge in [-0.2, -0.15) is 0 Å². The minimum atomic E-state index is -0.461. The maximum absolute atomic E-state index is 13.4. The summed E-state index contributed by atoms with van der Waals surface area (Å²) in [6.45, 7) is 0.0562. The van der Waals surface area contributed by atoms with Crippen LogP contribution in [0.1, 0.15) is 15.9 Å². The number of nitrogens with one attached hydrogen (secondary N) is 1. The molecule has 98 valence electrons. The van der Waals surface area contributed by atoms with Crippen LogP contribution in [0.15, 0.2) is 42.5 Å². The van der Waals surface area contributed by atoms with Crippen LogP contribution in [0, 0.1) is 5.82 Å². The zero-order valence-electron chi connectivity index (χ0n) is 10.1. The van der Waals surface area contributed by atoms with E-state index in [0.717, 1.165) is 0 Å². The number of phenols is 1. The van der Waals surface area contributed by atoms with Crippen LogP contribution >= 0.6 is 0 Å². The molecule has 2 rings (SSSR count). The average Bonchev–Trinajstić information content (AvgIpc) is 2.40. The van der Waals surface area contributed by atoms with Crippen LogP contribution in [0.25, 0.3) is 0 Å². The summed E-state index contributed by atoms with van der Waals surface area (Å²) in [5.41, 5.74) is 6.44. The van der Waals surface area contributed by atoms with E-state index in [1.165, 1.54) is 24.3 Å². The molecule has 19 heavy (non-hydrogen) atoms. The number of rotatable bonds is 3. The molecule has 0 spiro atoms. The molecule has 0 bridgehead atoms. The van der Waals surface area contributed by atoms with Gasteiger partial charge in [0, 0.05) is 17.8 Å². The minimum Gasteiger partial charge on any atom is -0.508 e. The average molecular weight is 260 g/mol. The summed E-state index contributed by atoms with van der Waals surface area (Å²) in [5.74, 6) is -0.895. The molecule has 0 heterocycles. The standard InChI is InChI=1S/C14H13FN2O2/c15-12-4-2-1-3-9(12)8-17-14(19)11-7-10(18)5-6-13(11)16/h1-7,18H,8,16H2,(H,17,19). The van der Waals surface area contributed by atoms with Gasteiger partial charge in [-0.3, -0.25) is 4.79 Å². The van der Waals surface area contributed by atoms with Gasteiger partial charge in [0.1, 0.15) is 11.6 Å². The van der Waals surface area contributed by atoms with E-state index in [1.807, 2.05) is 0 Å². The second-order valence-corrected chi connectivity index (χ2v) is 4.05. The van der Waals surface area contributed by atoms with E-state index < -0.39 is 5.91 Å². The number of hydrogen-bond donors (Lipinski definition) is 3. The highest BCUT2D eigenvalue weighted by Gasteiger charge is 2.11. The van der Waals surface area contributed by atoms with Crippen LogP contribution in [0.3, 0.4) is 0 Å². The molecule has 5 heteroatoms. The van der Waals surface area contributed by atoms with E-state index in [9.17, 15) is 14.3 Å². The monoisotopic (exact) mass is 260 g/mol. The molecule has 2 aromatic carbocycles. The predicted molar refractivity (Wildman–Crippen MR) is 70.1 cm³/mol. The molecule has 0 fully saturated rings. The van der Waals surface area contributed by atoms with Gasteiger partial charge in [-0.05, 0) is 24.3 Å². The number of anilines is 1. The normalized spacial score (nSPS) is 10.2. The third kappa shape index (κ3) is 3.01. The van der Waals surface area contributed by atoms with Crippen molar-refractivity contribution in [1.82, 2.24) is 5.32 Å². The van der Waals surface area contributed by atoms with Crippen LogP contribution in [0.4, 0.5) is 10.1 Å². The molecule has 0 aliphatic carbocycles. The van der Waals surface area contributed by atoms with E-state index in [4.69, 9.17) is 5.73 Å². The maximum atomic E-state index is 13.4. The lowest BCUT2D eigenvalue weighted by Gasteiger charge is -2.08. The first-order chi connectivity index (χ1) is 9.08. The zero-order chi connectivity index (χ0) is 13.8. The van der Waals surface area contributed by atoms with E-state index in [1.54, 1.807) is 18.2 Å². The summed E-state index contributed by atoms with van der Waals surface area (Å²) in [5, 5.41) is 11.9. The lowest BCUT2D eigenvalue weighted by atomic mass is 10.1. The van der Waals surface area contributed by atoms with Crippen LogP contribution in [0.5, 0.6) is 5.75 Å². The summed E-state index contributed by atoms with van der Waals surface area (Å²) in [7, 11) is 0. The maximum Gasteiger partial charge on any atom is 0.253 e. The summed E-state index contributed by atoms with van der Waals surface area (Å²) in [6.07, 6.45) is 0. The molecule has 0 saturated heterocycles. The number of benzene rings is 2. The van der Waals surface area contributed by atoms with Gasteiger partial charge in [0.2, 0.25) is 0 Å². The van der Waals surface area contributed by atoms with Crippen LogP contribution in [-0.4, -0.2) is 11.0 Å². The fraction of sp³-hybridized carbons (Fsp3) is 0.0714. The third-order valence-corrected chi connectivity index (χ3v) is 2.68. The molecule has 4 nitrogen and oxygen atoms in total. The fourth-order valence-electron chi connectivity index (χ4n) is 1.65. The highest BCUT2D eigenvalue weighted by Crippen LogP contribution is 2.18. The quantitative estimate of drug-likeness (QED) is 0.584. The van der Waals surface area contributed by atoms with Crippen molar-refractivity contribution in [2.24, 2.45) is 0 Å². The number of carbonyl (C=O) groups is 1. The first kappa shape index (κ1) is 12.9. The van der Waals surface area contributed by atoms with Crippen molar-refractivity contribution in [3.05, 3.63) is 59.4 Å². The number of hydrogen-bond acceptors (Lipinski definition) is 3. The second-order valence-electron chi connectivity index (χ2n) is 4.05. The van der Waals surface area contributed by atoms with Gasteiger partial charge >= 0.3 is 0 Å². The number of amides is 1. The molecule has 0 saturated carbocycles. The lowest BCUT2D eigenvalue weighted by molar-refractivity contribution is 0.0951.